The summed E-state index contributed by atoms with van der Waals surface area (Å²) < 4.78 is 26.6. The van der Waals surface area contributed by atoms with Gasteiger partial charge in [-0.3, -0.25) is 4.79 Å². The summed E-state index contributed by atoms with van der Waals surface area (Å²) in [5.41, 5.74) is 2.61. The minimum atomic E-state index is -0.749. The maximum atomic E-state index is 13.2. The standard InChI is InChI=1S/C12H8BrF2N3O/c13-8-3-11(16-6-8)12(19)18-17-5-7-1-2-9(14)4-10(7)15/h1-6,16H,(H,18,19)/b17-5-. The first kappa shape index (κ1) is 13.4. The molecular weight excluding hydrogens is 320 g/mol. The molecule has 0 saturated carbocycles. The number of hydrazone groups is 1. The lowest BCUT2D eigenvalue weighted by Crippen LogP contribution is -2.17. The second-order valence-electron chi connectivity index (χ2n) is 3.60. The van der Waals surface area contributed by atoms with Crippen LogP contribution in [0, 0.1) is 11.6 Å². The van der Waals surface area contributed by atoms with Gasteiger partial charge >= 0.3 is 0 Å². The minimum Gasteiger partial charge on any atom is -0.356 e. The molecule has 0 radical (unpaired) electrons. The molecule has 98 valence electrons. The molecule has 7 heteroatoms. The Morgan fingerprint density at radius 2 is 2.16 bits per heavy atom. The van der Waals surface area contributed by atoms with E-state index >= 15 is 0 Å². The predicted molar refractivity (Wildman–Crippen MR) is 69.9 cm³/mol. The Bertz CT molecular complexity index is 640. The fourth-order valence-electron chi connectivity index (χ4n) is 1.33. The van der Waals surface area contributed by atoms with Crippen LogP contribution in [0.25, 0.3) is 0 Å². The van der Waals surface area contributed by atoms with Crippen molar-refractivity contribution >= 4 is 28.1 Å². The molecule has 0 bridgehead atoms. The first-order chi connectivity index (χ1) is 9.06. The Morgan fingerprint density at radius 1 is 1.37 bits per heavy atom. The molecule has 0 aliphatic heterocycles. The number of aromatic amines is 1. The van der Waals surface area contributed by atoms with Crippen LogP contribution in [0.15, 0.2) is 40.0 Å². The van der Waals surface area contributed by atoms with Crippen molar-refractivity contribution in [1.29, 1.82) is 0 Å². The van der Waals surface area contributed by atoms with Crippen LogP contribution in [0.3, 0.4) is 0 Å². The predicted octanol–water partition coefficient (Wildman–Crippen LogP) is 2.82. The topological polar surface area (TPSA) is 57.2 Å². The third kappa shape index (κ3) is 3.47. The van der Waals surface area contributed by atoms with Gasteiger partial charge in [0.05, 0.1) is 6.21 Å². The zero-order valence-corrected chi connectivity index (χ0v) is 11.0. The molecule has 0 fully saturated rings. The van der Waals surface area contributed by atoms with Crippen LogP contribution in [0.1, 0.15) is 16.1 Å². The quantitative estimate of drug-likeness (QED) is 0.661. The molecule has 0 unspecified atom stereocenters. The third-order valence-corrected chi connectivity index (χ3v) is 2.68. The van der Waals surface area contributed by atoms with Crippen molar-refractivity contribution in [2.45, 2.75) is 0 Å². The van der Waals surface area contributed by atoms with E-state index in [-0.39, 0.29) is 5.56 Å². The molecule has 0 aliphatic carbocycles. The fourth-order valence-corrected chi connectivity index (χ4v) is 1.67. The number of nitrogens with zero attached hydrogens (tertiary/aromatic N) is 1. The first-order valence-electron chi connectivity index (χ1n) is 5.18. The lowest BCUT2D eigenvalue weighted by Gasteiger charge is -1.98. The van der Waals surface area contributed by atoms with Gasteiger partial charge in [-0.25, -0.2) is 14.2 Å². The highest BCUT2D eigenvalue weighted by Crippen LogP contribution is 2.10. The summed E-state index contributed by atoms with van der Waals surface area (Å²) in [6.45, 7) is 0. The molecule has 0 aliphatic rings. The van der Waals surface area contributed by atoms with Gasteiger partial charge in [-0.2, -0.15) is 5.10 Å². The van der Waals surface area contributed by atoms with E-state index in [2.05, 4.69) is 31.4 Å². The maximum Gasteiger partial charge on any atom is 0.287 e. The van der Waals surface area contributed by atoms with E-state index < -0.39 is 17.5 Å². The molecule has 0 spiro atoms. The van der Waals surface area contributed by atoms with E-state index in [4.69, 9.17) is 0 Å². The van der Waals surface area contributed by atoms with Crippen molar-refractivity contribution in [2.75, 3.05) is 0 Å². The number of amides is 1. The molecule has 2 rings (SSSR count). The van der Waals surface area contributed by atoms with Crippen molar-refractivity contribution in [2.24, 2.45) is 5.10 Å². The average molecular weight is 328 g/mol. The lowest BCUT2D eigenvalue weighted by atomic mass is 10.2. The van der Waals surface area contributed by atoms with Crippen LogP contribution >= 0.6 is 15.9 Å². The summed E-state index contributed by atoms with van der Waals surface area (Å²) in [6, 6.07) is 4.65. The number of aromatic nitrogens is 1. The van der Waals surface area contributed by atoms with Gasteiger partial charge in [-0.15, -0.1) is 0 Å². The van der Waals surface area contributed by atoms with Crippen molar-refractivity contribution in [1.82, 2.24) is 10.4 Å². The van der Waals surface area contributed by atoms with Crippen LogP contribution in [-0.4, -0.2) is 17.1 Å². The largest absolute Gasteiger partial charge is 0.356 e. The number of nitrogens with one attached hydrogen (secondary N) is 2. The molecule has 1 aromatic carbocycles. The summed E-state index contributed by atoms with van der Waals surface area (Å²) in [5, 5.41) is 3.60. The number of rotatable bonds is 3. The minimum absolute atomic E-state index is 0.0781. The fraction of sp³-hybridized carbons (Fsp3) is 0. The number of hydrogen-bond donors (Lipinski definition) is 2. The molecule has 1 aromatic heterocycles. The summed E-state index contributed by atoms with van der Waals surface area (Å²) in [4.78, 5) is 14.3. The number of halogens is 3. The molecular formula is C12H8BrF2N3O. The number of hydrogen-bond acceptors (Lipinski definition) is 2. The molecule has 2 aromatic rings. The van der Waals surface area contributed by atoms with E-state index in [0.717, 1.165) is 22.8 Å². The highest BCUT2D eigenvalue weighted by atomic mass is 79.9. The van der Waals surface area contributed by atoms with E-state index in [0.29, 0.717) is 5.69 Å². The van der Waals surface area contributed by atoms with E-state index in [9.17, 15) is 13.6 Å². The summed E-state index contributed by atoms with van der Waals surface area (Å²) in [7, 11) is 0. The zero-order valence-electron chi connectivity index (χ0n) is 9.45. The van der Waals surface area contributed by atoms with Crippen LogP contribution in [0.5, 0.6) is 0 Å². The van der Waals surface area contributed by atoms with Gasteiger partial charge < -0.3 is 4.98 Å². The first-order valence-corrected chi connectivity index (χ1v) is 5.98. The maximum absolute atomic E-state index is 13.2. The zero-order chi connectivity index (χ0) is 13.8. The van der Waals surface area contributed by atoms with Crippen LogP contribution < -0.4 is 5.43 Å². The normalized spacial score (nSPS) is 10.9. The average Bonchev–Trinajstić information content (AvgIpc) is 2.78. The Labute approximate surface area is 115 Å². The number of benzene rings is 1. The summed E-state index contributed by atoms with van der Waals surface area (Å²) >= 11 is 3.19. The lowest BCUT2D eigenvalue weighted by molar-refractivity contribution is 0.0950. The molecule has 2 N–H and O–H groups in total. The smallest absolute Gasteiger partial charge is 0.287 e. The van der Waals surface area contributed by atoms with Crippen molar-refractivity contribution in [3.63, 3.8) is 0 Å². The Morgan fingerprint density at radius 3 is 2.79 bits per heavy atom. The van der Waals surface area contributed by atoms with Gasteiger partial charge in [0, 0.05) is 22.3 Å². The van der Waals surface area contributed by atoms with Gasteiger partial charge in [0.1, 0.15) is 17.3 Å². The molecule has 0 saturated heterocycles. The second kappa shape index (κ2) is 5.75. The third-order valence-electron chi connectivity index (χ3n) is 2.22. The molecule has 19 heavy (non-hydrogen) atoms. The molecule has 4 nitrogen and oxygen atoms in total. The Hall–Kier alpha value is -2.02. The van der Waals surface area contributed by atoms with E-state index in [1.165, 1.54) is 6.07 Å². The van der Waals surface area contributed by atoms with Gasteiger partial charge in [0.15, 0.2) is 0 Å². The second-order valence-corrected chi connectivity index (χ2v) is 4.51. The monoisotopic (exact) mass is 327 g/mol. The molecule has 0 atom stereocenters. The van der Waals surface area contributed by atoms with Crippen LogP contribution in [0.2, 0.25) is 0 Å². The van der Waals surface area contributed by atoms with Gasteiger partial charge in [0.25, 0.3) is 5.91 Å². The Balaban J connectivity index is 2.02. The number of H-pyrrole nitrogens is 1. The SMILES string of the molecule is O=C(N/N=C\c1ccc(F)cc1F)c1cc(Br)c[nH]1. The van der Waals surface area contributed by atoms with Crippen LogP contribution in [-0.2, 0) is 0 Å². The highest BCUT2D eigenvalue weighted by molar-refractivity contribution is 9.10. The van der Waals surface area contributed by atoms with Gasteiger partial charge in [-0.05, 0) is 34.1 Å². The number of carbonyl (C=O) groups is 1. The van der Waals surface area contributed by atoms with Crippen molar-refractivity contribution in [3.05, 3.63) is 57.8 Å². The van der Waals surface area contributed by atoms with E-state index in [1.54, 1.807) is 12.3 Å². The van der Waals surface area contributed by atoms with E-state index in [1.807, 2.05) is 0 Å². The molecule has 1 amide bonds. The van der Waals surface area contributed by atoms with Gasteiger partial charge in [0.2, 0.25) is 0 Å². The van der Waals surface area contributed by atoms with Crippen molar-refractivity contribution < 1.29 is 13.6 Å². The van der Waals surface area contributed by atoms with Gasteiger partial charge in [-0.1, -0.05) is 0 Å². The van der Waals surface area contributed by atoms with Crippen molar-refractivity contribution in [3.8, 4) is 0 Å². The summed E-state index contributed by atoms with van der Waals surface area (Å²) in [6.07, 6.45) is 2.70. The number of carbonyl (C=O) groups excluding carboxylic acids is 1. The van der Waals surface area contributed by atoms with Crippen LogP contribution in [0.4, 0.5) is 8.78 Å². The summed E-state index contributed by atoms with van der Waals surface area (Å²) in [5.74, 6) is -1.89. The Kier molecular flexibility index (Phi) is 4.06. The highest BCUT2D eigenvalue weighted by Gasteiger charge is 2.06. The molecule has 1 heterocycles.